The number of ketones is 1. The fraction of sp³-hybridized carbons (Fsp3) is 0.208. The first-order valence-corrected chi connectivity index (χ1v) is 12.7. The number of aromatic carboxylic acids is 1. The largest absolute Gasteiger partial charge is 0.477 e. The zero-order valence-corrected chi connectivity index (χ0v) is 20.8. The molecule has 36 heavy (non-hydrogen) atoms. The molecule has 0 unspecified atom stereocenters. The third-order valence-corrected chi connectivity index (χ3v) is 8.21. The third kappa shape index (κ3) is 4.53. The fourth-order valence-corrected chi connectivity index (χ4v) is 5.91. The molecule has 0 atom stereocenters. The Labute approximate surface area is 207 Å². The number of nitrogens with zero attached hydrogens (tertiary/aromatic N) is 2. The highest BCUT2D eigenvalue weighted by molar-refractivity contribution is 7.90. The molecule has 1 aromatic carbocycles. The number of benzene rings is 1. The molecule has 3 aromatic heterocycles. The lowest BCUT2D eigenvalue weighted by Crippen LogP contribution is -2.20. The van der Waals surface area contributed by atoms with Crippen molar-refractivity contribution in [1.82, 2.24) is 8.96 Å². The summed E-state index contributed by atoms with van der Waals surface area (Å²) in [6.07, 6.45) is -4.79. The fourth-order valence-electron chi connectivity index (χ4n) is 3.57. The molecule has 0 saturated carbocycles. The molecule has 0 aliphatic rings. The maximum Gasteiger partial charge on any atom is 0.433 e. The average Bonchev–Trinajstić information content (AvgIpc) is 3.43. The van der Waals surface area contributed by atoms with E-state index in [1.54, 1.807) is 12.1 Å². The SMILES string of the molecule is CC(C)(C)c1cccc(S(=O)(=O)n2c(C(=O)c3ccc(C(=O)O)s3)cc3nc(C(F)(F)F)ccc32)c1. The van der Waals surface area contributed by atoms with Crippen LogP contribution >= 0.6 is 11.3 Å². The molecule has 0 fully saturated rings. The topological polar surface area (TPSA) is 106 Å². The first-order valence-electron chi connectivity index (χ1n) is 10.4. The standard InChI is InChI=1S/C24H19F3N2O5S2/c1-23(2,3)13-5-4-6-14(11-13)36(33,34)29-16-7-10-20(24(25,26)27)28-15(16)12-17(29)21(30)18-8-9-19(35-18)22(31)32/h4-12H,1-3H3,(H,31,32). The van der Waals surface area contributed by atoms with Crippen LogP contribution in [0, 0.1) is 0 Å². The van der Waals surface area contributed by atoms with Gasteiger partial charge < -0.3 is 5.11 Å². The van der Waals surface area contributed by atoms with Gasteiger partial charge >= 0.3 is 12.1 Å². The third-order valence-electron chi connectivity index (χ3n) is 5.42. The molecule has 0 saturated heterocycles. The Morgan fingerprint density at radius 1 is 0.972 bits per heavy atom. The highest BCUT2D eigenvalue weighted by Gasteiger charge is 2.35. The molecule has 1 N–H and O–H groups in total. The molecular weight excluding hydrogens is 517 g/mol. The lowest BCUT2D eigenvalue weighted by Gasteiger charge is -2.20. The lowest BCUT2D eigenvalue weighted by atomic mass is 9.87. The van der Waals surface area contributed by atoms with Crippen LogP contribution in [0.4, 0.5) is 13.2 Å². The summed E-state index contributed by atoms with van der Waals surface area (Å²) in [4.78, 5) is 27.7. The Morgan fingerprint density at radius 2 is 1.64 bits per heavy atom. The van der Waals surface area contributed by atoms with Crippen LogP contribution in [0.5, 0.6) is 0 Å². The van der Waals surface area contributed by atoms with Crippen LogP contribution < -0.4 is 0 Å². The number of hydrogen-bond donors (Lipinski definition) is 1. The Bertz CT molecular complexity index is 1630. The molecular formula is C24H19F3N2O5S2. The van der Waals surface area contributed by atoms with Crippen LogP contribution in [0.15, 0.2) is 59.5 Å². The highest BCUT2D eigenvalue weighted by Crippen LogP contribution is 2.33. The van der Waals surface area contributed by atoms with Crippen LogP contribution in [-0.4, -0.2) is 34.2 Å². The van der Waals surface area contributed by atoms with E-state index in [0.29, 0.717) is 26.9 Å². The van der Waals surface area contributed by atoms with Gasteiger partial charge in [0, 0.05) is 0 Å². The van der Waals surface area contributed by atoms with Gasteiger partial charge in [-0.2, -0.15) is 13.2 Å². The van der Waals surface area contributed by atoms with E-state index in [-0.39, 0.29) is 25.7 Å². The van der Waals surface area contributed by atoms with Gasteiger partial charge in [0.2, 0.25) is 5.78 Å². The summed E-state index contributed by atoms with van der Waals surface area (Å²) in [5, 5.41) is 9.18. The maximum atomic E-state index is 13.8. The quantitative estimate of drug-likeness (QED) is 0.334. The molecule has 188 valence electrons. The summed E-state index contributed by atoms with van der Waals surface area (Å²) in [6.45, 7) is 5.66. The predicted molar refractivity (Wildman–Crippen MR) is 127 cm³/mol. The van der Waals surface area contributed by atoms with E-state index in [0.717, 1.165) is 12.1 Å². The molecule has 4 rings (SSSR count). The molecule has 0 aliphatic heterocycles. The maximum absolute atomic E-state index is 13.8. The number of hydrogen-bond acceptors (Lipinski definition) is 6. The van der Waals surface area contributed by atoms with Crippen molar-refractivity contribution in [2.45, 2.75) is 37.3 Å². The summed E-state index contributed by atoms with van der Waals surface area (Å²) in [5.41, 5.74) is -1.99. The first kappa shape index (κ1) is 25.6. The molecule has 12 heteroatoms. The number of carbonyl (C=O) groups excluding carboxylic acids is 1. The van der Waals surface area contributed by atoms with Crippen molar-refractivity contribution in [3.63, 3.8) is 0 Å². The van der Waals surface area contributed by atoms with Gasteiger partial charge in [0.15, 0.2) is 0 Å². The second-order valence-corrected chi connectivity index (χ2v) is 11.8. The molecule has 0 spiro atoms. The molecule has 0 bridgehead atoms. The molecule has 7 nitrogen and oxygen atoms in total. The van der Waals surface area contributed by atoms with Crippen LogP contribution in [-0.2, 0) is 21.6 Å². The number of rotatable bonds is 5. The Kier molecular flexibility index (Phi) is 6.08. The van der Waals surface area contributed by atoms with Crippen LogP contribution in [0.25, 0.3) is 11.0 Å². The number of halogens is 3. The van der Waals surface area contributed by atoms with Gasteiger partial charge in [0.1, 0.15) is 16.3 Å². The summed E-state index contributed by atoms with van der Waals surface area (Å²) < 4.78 is 68.1. The number of carboxylic acids is 1. The van der Waals surface area contributed by atoms with Gasteiger partial charge in [-0.1, -0.05) is 32.9 Å². The second-order valence-electron chi connectivity index (χ2n) is 8.97. The number of fused-ring (bicyclic) bond motifs is 1. The number of carboxylic acid groups (broad SMARTS) is 1. The van der Waals surface area contributed by atoms with Crippen LogP contribution in [0.2, 0.25) is 0 Å². The lowest BCUT2D eigenvalue weighted by molar-refractivity contribution is -0.140. The Morgan fingerprint density at radius 3 is 2.22 bits per heavy atom. The Balaban J connectivity index is 1.99. The number of carbonyl (C=O) groups is 2. The van der Waals surface area contributed by atoms with Crippen molar-refractivity contribution in [2.75, 3.05) is 0 Å². The molecule has 0 radical (unpaired) electrons. The first-order chi connectivity index (χ1) is 16.6. The zero-order chi connectivity index (χ0) is 26.6. The highest BCUT2D eigenvalue weighted by atomic mass is 32.2. The van der Waals surface area contributed by atoms with Gasteiger partial charge in [-0.25, -0.2) is 22.2 Å². The Hall–Kier alpha value is -3.51. The monoisotopic (exact) mass is 536 g/mol. The number of thiophene rings is 1. The molecule has 3 heterocycles. The summed E-state index contributed by atoms with van der Waals surface area (Å²) in [6, 6.07) is 11.0. The summed E-state index contributed by atoms with van der Waals surface area (Å²) in [5.74, 6) is -2.14. The van der Waals surface area contributed by atoms with Crippen molar-refractivity contribution in [1.29, 1.82) is 0 Å². The predicted octanol–water partition coefficient (Wildman–Crippen LogP) is 5.58. The van der Waals surface area contributed by atoms with Crippen LogP contribution in [0.3, 0.4) is 0 Å². The molecule has 0 amide bonds. The van der Waals surface area contributed by atoms with Gasteiger partial charge in [-0.15, -0.1) is 11.3 Å². The number of aromatic nitrogens is 2. The van der Waals surface area contributed by atoms with E-state index in [1.165, 1.54) is 24.3 Å². The average molecular weight is 537 g/mol. The van der Waals surface area contributed by atoms with E-state index >= 15 is 0 Å². The van der Waals surface area contributed by atoms with Crippen LogP contribution in [0.1, 0.15) is 57.1 Å². The van der Waals surface area contributed by atoms with E-state index < -0.39 is 44.8 Å². The smallest absolute Gasteiger partial charge is 0.433 e. The van der Waals surface area contributed by atoms with Gasteiger partial charge in [-0.05, 0) is 53.4 Å². The van der Waals surface area contributed by atoms with Crippen molar-refractivity contribution in [2.24, 2.45) is 0 Å². The van der Waals surface area contributed by atoms with Gasteiger partial charge in [0.05, 0.1) is 20.8 Å². The zero-order valence-electron chi connectivity index (χ0n) is 19.1. The minimum absolute atomic E-state index is 0.0915. The minimum atomic E-state index is -4.79. The second kappa shape index (κ2) is 8.56. The van der Waals surface area contributed by atoms with Gasteiger partial charge in [0.25, 0.3) is 10.0 Å². The van der Waals surface area contributed by atoms with E-state index in [9.17, 15) is 36.3 Å². The summed E-state index contributed by atoms with van der Waals surface area (Å²) in [7, 11) is -4.48. The van der Waals surface area contributed by atoms with Crippen molar-refractivity contribution in [3.05, 3.63) is 81.3 Å². The van der Waals surface area contributed by atoms with E-state index in [4.69, 9.17) is 0 Å². The van der Waals surface area contributed by atoms with E-state index in [1.807, 2.05) is 20.8 Å². The van der Waals surface area contributed by atoms with Crippen molar-refractivity contribution < 1.29 is 36.3 Å². The normalized spacial score (nSPS) is 12.7. The minimum Gasteiger partial charge on any atom is -0.477 e. The van der Waals surface area contributed by atoms with Crippen molar-refractivity contribution >= 4 is 44.1 Å². The number of pyridine rings is 1. The van der Waals surface area contributed by atoms with E-state index in [2.05, 4.69) is 4.98 Å². The number of alkyl halides is 3. The molecule has 0 aliphatic carbocycles. The van der Waals surface area contributed by atoms with Gasteiger partial charge in [-0.3, -0.25) is 4.79 Å². The molecule has 4 aromatic rings. The summed E-state index contributed by atoms with van der Waals surface area (Å²) >= 11 is 0.625. The van der Waals surface area contributed by atoms with Crippen molar-refractivity contribution in [3.8, 4) is 0 Å².